The fourth-order valence-electron chi connectivity index (χ4n) is 2.80. The van der Waals surface area contributed by atoms with Crippen molar-refractivity contribution in [3.8, 4) is 0 Å². The zero-order valence-electron chi connectivity index (χ0n) is 14.8. The van der Waals surface area contributed by atoms with Crippen LogP contribution in [0, 0.1) is 6.92 Å². The van der Waals surface area contributed by atoms with Gasteiger partial charge in [0.1, 0.15) is 0 Å². The first-order valence-electron chi connectivity index (χ1n) is 8.67. The molecule has 0 aliphatic carbocycles. The molecule has 1 aliphatic heterocycles. The number of anilines is 2. The van der Waals surface area contributed by atoms with Crippen LogP contribution < -0.4 is 15.5 Å². The van der Waals surface area contributed by atoms with Crippen LogP contribution in [0.15, 0.2) is 41.1 Å². The minimum absolute atomic E-state index is 0.183. The summed E-state index contributed by atoms with van der Waals surface area (Å²) in [6, 6.07) is 7.41. The number of carbonyl (C=O) groups excluding carboxylic acids is 1. The summed E-state index contributed by atoms with van der Waals surface area (Å²) in [4.78, 5) is 25.1. The second-order valence-electron chi connectivity index (χ2n) is 6.22. The van der Waals surface area contributed by atoms with Gasteiger partial charge in [-0.15, -0.1) is 0 Å². The van der Waals surface area contributed by atoms with Gasteiger partial charge in [0.2, 0.25) is 5.95 Å². The SMILES string of the molecule is Cc1ccc(NC(=O)NCCN2CCN(c3ncccn3)CC2)cc1Br. The van der Waals surface area contributed by atoms with E-state index in [9.17, 15) is 4.79 Å². The first-order valence-corrected chi connectivity index (χ1v) is 9.46. The van der Waals surface area contributed by atoms with Crippen molar-refractivity contribution in [1.82, 2.24) is 20.2 Å². The van der Waals surface area contributed by atoms with E-state index < -0.39 is 0 Å². The Balaban J connectivity index is 1.36. The summed E-state index contributed by atoms with van der Waals surface area (Å²) in [6.07, 6.45) is 3.54. The molecule has 0 spiro atoms. The number of urea groups is 1. The summed E-state index contributed by atoms with van der Waals surface area (Å²) in [7, 11) is 0. The number of nitrogens with one attached hydrogen (secondary N) is 2. The van der Waals surface area contributed by atoms with Crippen LogP contribution in [0.4, 0.5) is 16.4 Å². The topological polar surface area (TPSA) is 73.4 Å². The lowest BCUT2D eigenvalue weighted by Crippen LogP contribution is -2.49. The Hall–Kier alpha value is -2.19. The molecule has 138 valence electrons. The van der Waals surface area contributed by atoms with Gasteiger partial charge in [-0.25, -0.2) is 14.8 Å². The van der Waals surface area contributed by atoms with Crippen molar-refractivity contribution in [2.45, 2.75) is 6.92 Å². The quantitative estimate of drug-likeness (QED) is 0.779. The van der Waals surface area contributed by atoms with Crippen molar-refractivity contribution in [3.63, 3.8) is 0 Å². The molecule has 0 atom stereocenters. The molecule has 7 nitrogen and oxygen atoms in total. The molecule has 2 amide bonds. The molecule has 2 N–H and O–H groups in total. The Morgan fingerprint density at radius 1 is 1.19 bits per heavy atom. The Morgan fingerprint density at radius 3 is 2.62 bits per heavy atom. The Bertz CT molecular complexity index is 734. The Labute approximate surface area is 161 Å². The number of piperazine rings is 1. The summed E-state index contributed by atoms with van der Waals surface area (Å²) in [6.45, 7) is 7.12. The van der Waals surface area contributed by atoms with E-state index in [4.69, 9.17) is 0 Å². The molecule has 0 saturated carbocycles. The summed E-state index contributed by atoms with van der Waals surface area (Å²) in [5, 5.41) is 5.76. The molecule has 1 fully saturated rings. The number of nitrogens with zero attached hydrogens (tertiary/aromatic N) is 4. The van der Waals surface area contributed by atoms with Gasteiger partial charge in [0.25, 0.3) is 0 Å². The van der Waals surface area contributed by atoms with Gasteiger partial charge in [0.15, 0.2) is 0 Å². The highest BCUT2D eigenvalue weighted by Crippen LogP contribution is 2.20. The Morgan fingerprint density at radius 2 is 1.92 bits per heavy atom. The average molecular weight is 419 g/mol. The maximum absolute atomic E-state index is 12.0. The van der Waals surface area contributed by atoms with E-state index in [1.54, 1.807) is 12.4 Å². The lowest BCUT2D eigenvalue weighted by atomic mass is 10.2. The van der Waals surface area contributed by atoms with Crippen molar-refractivity contribution in [2.75, 3.05) is 49.5 Å². The molecule has 2 aromatic rings. The van der Waals surface area contributed by atoms with Crippen LogP contribution >= 0.6 is 15.9 Å². The average Bonchev–Trinajstić information content (AvgIpc) is 2.66. The summed E-state index contributed by atoms with van der Waals surface area (Å²) in [5.74, 6) is 0.786. The van der Waals surface area contributed by atoms with E-state index >= 15 is 0 Å². The second-order valence-corrected chi connectivity index (χ2v) is 7.08. The van der Waals surface area contributed by atoms with E-state index in [0.717, 1.165) is 54.4 Å². The fourth-order valence-corrected chi connectivity index (χ4v) is 3.18. The van der Waals surface area contributed by atoms with Crippen LogP contribution in [0.3, 0.4) is 0 Å². The molecule has 0 unspecified atom stereocenters. The molecule has 1 aromatic carbocycles. The van der Waals surface area contributed by atoms with Gasteiger partial charge in [-0.1, -0.05) is 22.0 Å². The molecule has 1 saturated heterocycles. The van der Waals surface area contributed by atoms with Crippen LogP contribution in [0.5, 0.6) is 0 Å². The van der Waals surface area contributed by atoms with Crippen LogP contribution in [0.25, 0.3) is 0 Å². The highest BCUT2D eigenvalue weighted by atomic mass is 79.9. The predicted octanol–water partition coefficient (Wildman–Crippen LogP) is 2.49. The molecule has 0 bridgehead atoms. The highest BCUT2D eigenvalue weighted by Gasteiger charge is 2.18. The van der Waals surface area contributed by atoms with Gasteiger partial charge >= 0.3 is 6.03 Å². The largest absolute Gasteiger partial charge is 0.338 e. The van der Waals surface area contributed by atoms with Crippen LogP contribution in [-0.4, -0.2) is 60.2 Å². The van der Waals surface area contributed by atoms with Crippen molar-refractivity contribution < 1.29 is 4.79 Å². The minimum atomic E-state index is -0.183. The number of aromatic nitrogens is 2. The van der Waals surface area contributed by atoms with Crippen LogP contribution in [0.2, 0.25) is 0 Å². The van der Waals surface area contributed by atoms with Crippen LogP contribution in [-0.2, 0) is 0 Å². The summed E-state index contributed by atoms with van der Waals surface area (Å²) >= 11 is 3.47. The number of rotatable bonds is 5. The van der Waals surface area contributed by atoms with Crippen molar-refractivity contribution in [3.05, 3.63) is 46.7 Å². The highest BCUT2D eigenvalue weighted by molar-refractivity contribution is 9.10. The number of aryl methyl sites for hydroxylation is 1. The summed E-state index contributed by atoms with van der Waals surface area (Å²) < 4.78 is 0.982. The molecule has 3 rings (SSSR count). The molecule has 0 radical (unpaired) electrons. The van der Waals surface area contributed by atoms with Crippen LogP contribution in [0.1, 0.15) is 5.56 Å². The number of benzene rings is 1. The third-order valence-corrected chi connectivity index (χ3v) is 5.20. The third-order valence-electron chi connectivity index (χ3n) is 4.35. The smallest absolute Gasteiger partial charge is 0.319 e. The maximum Gasteiger partial charge on any atom is 0.319 e. The number of hydrogen-bond acceptors (Lipinski definition) is 5. The van der Waals surface area contributed by atoms with Gasteiger partial charge in [-0.2, -0.15) is 0 Å². The van der Waals surface area contributed by atoms with E-state index in [2.05, 4.69) is 46.3 Å². The molecule has 1 aromatic heterocycles. The molecule has 26 heavy (non-hydrogen) atoms. The fraction of sp³-hybridized carbons (Fsp3) is 0.389. The second kappa shape index (κ2) is 8.95. The monoisotopic (exact) mass is 418 g/mol. The minimum Gasteiger partial charge on any atom is -0.338 e. The standard InChI is InChI=1S/C18H23BrN6O/c1-14-3-4-15(13-16(14)19)23-18(26)22-7-8-24-9-11-25(12-10-24)17-20-5-2-6-21-17/h2-6,13H,7-12H2,1H3,(H2,22,23,26). The molecule has 1 aliphatic rings. The van der Waals surface area contributed by atoms with E-state index in [1.807, 2.05) is 31.2 Å². The van der Waals surface area contributed by atoms with Crippen molar-refractivity contribution in [2.24, 2.45) is 0 Å². The zero-order valence-corrected chi connectivity index (χ0v) is 16.4. The van der Waals surface area contributed by atoms with Crippen molar-refractivity contribution in [1.29, 1.82) is 0 Å². The Kier molecular flexibility index (Phi) is 6.40. The van der Waals surface area contributed by atoms with Gasteiger partial charge in [-0.3, -0.25) is 4.90 Å². The third kappa shape index (κ3) is 5.15. The first kappa shape index (κ1) is 18.6. The summed E-state index contributed by atoms with van der Waals surface area (Å²) in [5.41, 5.74) is 1.91. The van der Waals surface area contributed by atoms with E-state index in [-0.39, 0.29) is 6.03 Å². The predicted molar refractivity (Wildman–Crippen MR) is 107 cm³/mol. The lowest BCUT2D eigenvalue weighted by molar-refractivity contribution is 0.240. The van der Waals surface area contributed by atoms with Gasteiger partial charge < -0.3 is 15.5 Å². The van der Waals surface area contributed by atoms with Gasteiger partial charge in [-0.05, 0) is 30.7 Å². The van der Waals surface area contributed by atoms with E-state index in [0.29, 0.717) is 6.54 Å². The molecule has 8 heteroatoms. The van der Waals surface area contributed by atoms with Gasteiger partial charge in [0, 0.05) is 61.8 Å². The molecular weight excluding hydrogens is 396 g/mol. The zero-order chi connectivity index (χ0) is 18.4. The van der Waals surface area contributed by atoms with E-state index in [1.165, 1.54) is 0 Å². The number of hydrogen-bond donors (Lipinski definition) is 2. The number of amides is 2. The molecule has 2 heterocycles. The lowest BCUT2D eigenvalue weighted by Gasteiger charge is -2.34. The van der Waals surface area contributed by atoms with Crippen molar-refractivity contribution >= 4 is 33.6 Å². The normalized spacial score (nSPS) is 14.9. The van der Waals surface area contributed by atoms with Gasteiger partial charge in [0.05, 0.1) is 0 Å². The number of halogens is 1. The molecular formula is C18H23BrN6O. The maximum atomic E-state index is 12.0. The number of carbonyl (C=O) groups is 1. The first-order chi connectivity index (χ1) is 12.6.